The van der Waals surface area contributed by atoms with Crippen molar-refractivity contribution >= 4 is 33.4 Å². The van der Waals surface area contributed by atoms with Crippen LogP contribution in [0.4, 0.5) is 0 Å². The van der Waals surface area contributed by atoms with E-state index < -0.39 is 0 Å². The summed E-state index contributed by atoms with van der Waals surface area (Å²) in [5.41, 5.74) is 1.34. The molecule has 2 aromatic heterocycles. The maximum Gasteiger partial charge on any atom is 0.211 e. The van der Waals surface area contributed by atoms with Crippen LogP contribution in [0.15, 0.2) is 22.6 Å². The molecule has 1 aliphatic rings. The van der Waals surface area contributed by atoms with Crippen molar-refractivity contribution in [2.75, 3.05) is 5.75 Å². The van der Waals surface area contributed by atoms with Gasteiger partial charge in [-0.3, -0.25) is 4.79 Å². The normalized spacial score (nSPS) is 20.7. The van der Waals surface area contributed by atoms with E-state index in [4.69, 9.17) is 4.74 Å². The maximum atomic E-state index is 13.0. The highest BCUT2D eigenvalue weighted by Gasteiger charge is 2.32. The van der Waals surface area contributed by atoms with Crippen LogP contribution in [0, 0.1) is 0 Å². The van der Waals surface area contributed by atoms with Crippen molar-refractivity contribution in [3.05, 3.63) is 33.3 Å². The fourth-order valence-electron chi connectivity index (χ4n) is 2.83. The van der Waals surface area contributed by atoms with Crippen molar-refractivity contribution < 1.29 is 4.74 Å². The predicted molar refractivity (Wildman–Crippen MR) is 97.7 cm³/mol. The average molecular weight is 351 g/mol. The molecule has 0 aromatic carbocycles. The zero-order chi connectivity index (χ0) is 16.6. The smallest absolute Gasteiger partial charge is 0.211 e. The Morgan fingerprint density at radius 3 is 2.96 bits per heavy atom. The van der Waals surface area contributed by atoms with E-state index in [0.717, 1.165) is 32.6 Å². The lowest BCUT2D eigenvalue weighted by Crippen LogP contribution is -2.37. The number of allylic oxidation sites excluding steroid dienone is 1. The second-order valence-electron chi connectivity index (χ2n) is 5.98. The van der Waals surface area contributed by atoms with Crippen LogP contribution in [0.1, 0.15) is 37.6 Å². The molecule has 0 saturated carbocycles. The second kappa shape index (κ2) is 6.42. The molecule has 6 heteroatoms. The lowest BCUT2D eigenvalue weighted by molar-refractivity contribution is -0.0550. The summed E-state index contributed by atoms with van der Waals surface area (Å²) in [5.74, 6) is 0.927. The Morgan fingerprint density at radius 2 is 2.30 bits per heavy atom. The number of hydrogen-bond donors (Lipinski definition) is 0. The standard InChI is InChI=1S/C17H22N2O2S2/c1-5-8-19-15-13(18-16(19)22-7-3)14(20)11-9-17(4,6-2)21-10-12(11)23-15/h5H,1,6-10H2,2-4H3. The van der Waals surface area contributed by atoms with Crippen molar-refractivity contribution in [3.8, 4) is 0 Å². The monoisotopic (exact) mass is 350 g/mol. The molecule has 0 spiro atoms. The highest BCUT2D eigenvalue weighted by molar-refractivity contribution is 7.99. The Labute approximate surface area is 144 Å². The van der Waals surface area contributed by atoms with Gasteiger partial charge in [-0.15, -0.1) is 17.9 Å². The van der Waals surface area contributed by atoms with E-state index in [1.54, 1.807) is 23.1 Å². The van der Waals surface area contributed by atoms with Gasteiger partial charge in [-0.1, -0.05) is 31.7 Å². The molecule has 0 aliphatic carbocycles. The summed E-state index contributed by atoms with van der Waals surface area (Å²) in [7, 11) is 0. The number of nitrogens with zero attached hydrogens (tertiary/aromatic N) is 2. The summed E-state index contributed by atoms with van der Waals surface area (Å²) in [5, 5.41) is 0.900. The molecule has 0 radical (unpaired) electrons. The Kier molecular flexibility index (Phi) is 4.67. The number of hydrogen-bond acceptors (Lipinski definition) is 5. The maximum absolute atomic E-state index is 13.0. The molecule has 2 aromatic rings. The van der Waals surface area contributed by atoms with E-state index in [0.29, 0.717) is 25.1 Å². The highest BCUT2D eigenvalue weighted by Crippen LogP contribution is 2.34. The summed E-state index contributed by atoms with van der Waals surface area (Å²) in [6.07, 6.45) is 3.42. The van der Waals surface area contributed by atoms with Gasteiger partial charge in [0.25, 0.3) is 0 Å². The quantitative estimate of drug-likeness (QED) is 0.604. The molecular formula is C17H22N2O2S2. The van der Waals surface area contributed by atoms with Gasteiger partial charge < -0.3 is 9.30 Å². The molecule has 0 fully saturated rings. The highest BCUT2D eigenvalue weighted by atomic mass is 32.2. The minimum atomic E-state index is -0.239. The number of aromatic nitrogens is 2. The number of fused-ring (bicyclic) bond motifs is 2. The lowest BCUT2D eigenvalue weighted by Gasteiger charge is -2.33. The van der Waals surface area contributed by atoms with Gasteiger partial charge in [0, 0.05) is 23.4 Å². The molecule has 3 rings (SSSR count). The SMILES string of the molecule is C=CCn1c(SCC)nc2c(=O)c3c(sc21)COC(C)(CC)C3. The van der Waals surface area contributed by atoms with Gasteiger partial charge in [0.1, 0.15) is 10.3 Å². The second-order valence-corrected chi connectivity index (χ2v) is 8.30. The Hall–Kier alpha value is -1.11. The van der Waals surface area contributed by atoms with Crippen molar-refractivity contribution in [1.29, 1.82) is 0 Å². The third-order valence-electron chi connectivity index (χ3n) is 4.37. The van der Waals surface area contributed by atoms with Crippen LogP contribution in [-0.4, -0.2) is 20.9 Å². The van der Waals surface area contributed by atoms with Crippen LogP contribution in [0.25, 0.3) is 10.3 Å². The molecule has 4 nitrogen and oxygen atoms in total. The summed E-state index contributed by atoms with van der Waals surface area (Å²) in [6.45, 7) is 11.3. The minimum Gasteiger partial charge on any atom is -0.369 e. The molecular weight excluding hydrogens is 328 g/mol. The van der Waals surface area contributed by atoms with Gasteiger partial charge >= 0.3 is 0 Å². The molecule has 0 N–H and O–H groups in total. The third kappa shape index (κ3) is 2.88. The average Bonchev–Trinajstić information content (AvgIpc) is 2.88. The van der Waals surface area contributed by atoms with Crippen molar-refractivity contribution in [3.63, 3.8) is 0 Å². The number of rotatable bonds is 5. The summed E-state index contributed by atoms with van der Waals surface area (Å²) in [4.78, 5) is 19.6. The number of imidazole rings is 1. The molecule has 124 valence electrons. The van der Waals surface area contributed by atoms with Gasteiger partial charge in [-0.2, -0.15) is 0 Å². The first-order valence-corrected chi connectivity index (χ1v) is 9.76. The largest absolute Gasteiger partial charge is 0.369 e. The van der Waals surface area contributed by atoms with Crippen LogP contribution in [-0.2, 0) is 24.3 Å². The first kappa shape index (κ1) is 16.7. The van der Waals surface area contributed by atoms with Crippen LogP contribution in [0.2, 0.25) is 0 Å². The molecule has 0 amide bonds. The molecule has 0 saturated heterocycles. The van der Waals surface area contributed by atoms with Gasteiger partial charge in [0.05, 0.1) is 12.2 Å². The predicted octanol–water partition coefficient (Wildman–Crippen LogP) is 4.00. The molecule has 23 heavy (non-hydrogen) atoms. The fraction of sp³-hybridized carbons (Fsp3) is 0.529. The Balaban J connectivity index is 2.21. The van der Waals surface area contributed by atoms with E-state index in [1.165, 1.54) is 0 Å². The van der Waals surface area contributed by atoms with E-state index in [1.807, 2.05) is 6.08 Å². The topological polar surface area (TPSA) is 44.1 Å². The molecule has 0 bridgehead atoms. The van der Waals surface area contributed by atoms with Gasteiger partial charge in [0.15, 0.2) is 5.16 Å². The van der Waals surface area contributed by atoms with Crippen LogP contribution in [0.5, 0.6) is 0 Å². The van der Waals surface area contributed by atoms with Crippen molar-refractivity contribution in [1.82, 2.24) is 9.55 Å². The van der Waals surface area contributed by atoms with Gasteiger partial charge in [-0.05, 0) is 19.1 Å². The van der Waals surface area contributed by atoms with Crippen LogP contribution >= 0.6 is 23.1 Å². The third-order valence-corrected chi connectivity index (χ3v) is 6.44. The van der Waals surface area contributed by atoms with E-state index in [2.05, 4.69) is 36.9 Å². The molecule has 3 heterocycles. The van der Waals surface area contributed by atoms with Crippen molar-refractivity contribution in [2.24, 2.45) is 0 Å². The first-order chi connectivity index (χ1) is 11.0. The Bertz CT molecular complexity index is 809. The number of thioether (sulfide) groups is 1. The first-order valence-electron chi connectivity index (χ1n) is 7.95. The van der Waals surface area contributed by atoms with E-state index in [9.17, 15) is 4.79 Å². The fourth-order valence-corrected chi connectivity index (χ4v) is 4.77. The van der Waals surface area contributed by atoms with E-state index in [-0.39, 0.29) is 11.0 Å². The van der Waals surface area contributed by atoms with Gasteiger partial charge in [-0.25, -0.2) is 4.98 Å². The Morgan fingerprint density at radius 1 is 1.52 bits per heavy atom. The summed E-state index contributed by atoms with van der Waals surface area (Å²) < 4.78 is 8.11. The molecule has 1 unspecified atom stereocenters. The summed E-state index contributed by atoms with van der Waals surface area (Å²) in [6, 6.07) is 0. The lowest BCUT2D eigenvalue weighted by atomic mass is 9.91. The zero-order valence-corrected chi connectivity index (χ0v) is 15.5. The minimum absolute atomic E-state index is 0.0810. The molecule has 1 atom stereocenters. The van der Waals surface area contributed by atoms with Crippen LogP contribution in [0.3, 0.4) is 0 Å². The van der Waals surface area contributed by atoms with Gasteiger partial charge in [0.2, 0.25) is 5.43 Å². The van der Waals surface area contributed by atoms with Crippen molar-refractivity contribution in [2.45, 2.75) is 57.5 Å². The summed E-state index contributed by atoms with van der Waals surface area (Å²) >= 11 is 3.31. The number of ether oxygens (including phenoxy) is 1. The zero-order valence-electron chi connectivity index (χ0n) is 13.8. The molecule has 1 aliphatic heterocycles. The van der Waals surface area contributed by atoms with E-state index >= 15 is 0 Å². The van der Waals surface area contributed by atoms with Crippen LogP contribution < -0.4 is 5.43 Å².